The first-order valence-corrected chi connectivity index (χ1v) is 36.4. The Bertz CT molecular complexity index is 4050. The maximum absolute atomic E-state index is 14.6. The molecule has 33 nitrogen and oxygen atoms in total. The fraction of sp³-hybridized carbons (Fsp3) is 0.444. The summed E-state index contributed by atoms with van der Waals surface area (Å²) in [5.41, 5.74) is 20.4. The molecule has 0 saturated carbocycles. The number of unbranched alkanes of at least 4 members (excludes halogenated alkanes) is 1. The van der Waals surface area contributed by atoms with E-state index in [2.05, 4.69) is 62.5 Å². The molecule has 8 unspecified atom stereocenters. The number of aliphatic carboxylic acids is 3. The number of hydrogen-bond donors (Lipinski definition) is 15. The van der Waals surface area contributed by atoms with Gasteiger partial charge in [-0.3, -0.25) is 52.9 Å². The molecule has 6 rings (SSSR count). The van der Waals surface area contributed by atoms with Gasteiger partial charge in [-0.25, -0.2) is 13.2 Å². The van der Waals surface area contributed by atoms with E-state index in [9.17, 15) is 76.5 Å². The van der Waals surface area contributed by atoms with Crippen LogP contribution in [0.4, 0.5) is 22.7 Å². The van der Waals surface area contributed by atoms with Crippen LogP contribution >= 0.6 is 0 Å². The van der Waals surface area contributed by atoms with Crippen LogP contribution < -0.4 is 69.4 Å². The molecular formula is C72H97N17O16S. The third-order valence-corrected chi connectivity index (χ3v) is 18.7. The Kier molecular flexibility index (Phi) is 32.7. The highest BCUT2D eigenvalue weighted by Gasteiger charge is 2.41. The molecule has 8 amide bonds. The van der Waals surface area contributed by atoms with Crippen molar-refractivity contribution in [2.75, 3.05) is 57.0 Å². The lowest BCUT2D eigenvalue weighted by atomic mass is 10.00. The zero-order valence-corrected chi connectivity index (χ0v) is 60.7. The zero-order chi connectivity index (χ0) is 77.6. The van der Waals surface area contributed by atoms with Crippen LogP contribution in [0.2, 0.25) is 0 Å². The van der Waals surface area contributed by atoms with E-state index >= 15 is 0 Å². The Hall–Kier alpha value is -11.1. The minimum atomic E-state index is -4.56. The first-order chi connectivity index (χ1) is 50.4. The van der Waals surface area contributed by atoms with Crippen LogP contribution in [-0.2, 0) is 64.4 Å². The van der Waals surface area contributed by atoms with E-state index in [0.29, 0.717) is 58.5 Å². The minimum absolute atomic E-state index is 0.00401. The molecule has 0 aromatic heterocycles. The van der Waals surface area contributed by atoms with Gasteiger partial charge in [-0.1, -0.05) is 68.4 Å². The third-order valence-electron chi connectivity index (χ3n) is 17.2. The highest BCUT2D eigenvalue weighted by atomic mass is 32.2. The molecule has 1 aliphatic heterocycles. The number of nitrogens with two attached hydrogens (primary N) is 3. The van der Waals surface area contributed by atoms with Crippen molar-refractivity contribution < 1.29 is 76.5 Å². The van der Waals surface area contributed by atoms with Crippen molar-refractivity contribution in [2.45, 2.75) is 157 Å². The van der Waals surface area contributed by atoms with E-state index in [1.807, 2.05) is 43.3 Å². The molecule has 5 aromatic rings. The molecule has 8 atom stereocenters. The molecule has 1 heterocycles. The van der Waals surface area contributed by atoms with E-state index in [0.717, 1.165) is 10.6 Å². The van der Waals surface area contributed by atoms with Gasteiger partial charge in [0.2, 0.25) is 51.4 Å². The Morgan fingerprint density at radius 2 is 1.16 bits per heavy atom. The quantitative estimate of drug-likeness (QED) is 0.0115. The highest BCUT2D eigenvalue weighted by molar-refractivity contribution is 7.89. The Morgan fingerprint density at radius 3 is 1.77 bits per heavy atom. The maximum Gasteiger partial charge on any atom is 0.326 e. The normalized spacial score (nSPS) is 14.8. The highest BCUT2D eigenvalue weighted by Crippen LogP contribution is 2.30. The molecule has 0 spiro atoms. The van der Waals surface area contributed by atoms with Crippen molar-refractivity contribution in [1.29, 1.82) is 0 Å². The standard InChI is InChI=1S/C72H97N17O16S/c1-43(2)41-57(84-69(100)59-22-14-40-89(59)70(101)55(33-35-62(92)93)87-106(104,105)60-23-12-17-50-51(60)18-11-20-52(50)76-39-36-73)68(99)83-58(42-45-15-7-6-8-16-45)67(98)79-44(3)63(94)80-54(32-34-61(90)91)66(97)81-53(21-13-38-78-72(74)75)65(96)82-56(71(102)103)19-9-10-37-77-64(95)46-24-26-47(27-25-46)85-86-48-28-30-49(31-29-48)88(4)5/h6-8,11-12,15-18,20,23-31,43-44,53-59,76,87H,9-10,13-14,19,21-22,32-42,73H2,1-5H3,(H,77,95)(H,79,98)(H,80,94)(H,81,97)(H,82,96)(H,83,99)(H,84,100)(H,90,91)(H,92,93)(H,102,103)(H4,74,75,78). The molecule has 1 fully saturated rings. The second-order valence-corrected chi connectivity index (χ2v) is 27.8. The van der Waals surface area contributed by atoms with Crippen molar-refractivity contribution >= 4 is 115 Å². The van der Waals surface area contributed by atoms with Gasteiger partial charge in [0.05, 0.1) is 16.3 Å². The minimum Gasteiger partial charge on any atom is -0.481 e. The van der Waals surface area contributed by atoms with Gasteiger partial charge in [0, 0.05) is 93.8 Å². The van der Waals surface area contributed by atoms with Gasteiger partial charge in [-0.05, 0) is 143 Å². The number of rotatable bonds is 43. The van der Waals surface area contributed by atoms with Crippen molar-refractivity contribution in [3.63, 3.8) is 0 Å². The lowest BCUT2D eigenvalue weighted by Crippen LogP contribution is -2.60. The van der Waals surface area contributed by atoms with Crippen molar-refractivity contribution in [2.24, 2.45) is 38.3 Å². The van der Waals surface area contributed by atoms with Gasteiger partial charge in [-0.2, -0.15) is 15.0 Å². The summed E-state index contributed by atoms with van der Waals surface area (Å²) < 4.78 is 30.9. The zero-order valence-electron chi connectivity index (χ0n) is 59.9. The summed E-state index contributed by atoms with van der Waals surface area (Å²) in [6.45, 7) is 5.54. The van der Waals surface area contributed by atoms with Crippen molar-refractivity contribution in [1.82, 2.24) is 46.8 Å². The average molecular weight is 1490 g/mol. The summed E-state index contributed by atoms with van der Waals surface area (Å²) in [6.07, 6.45) is -1.90. The molecule has 0 aliphatic carbocycles. The van der Waals surface area contributed by atoms with Gasteiger partial charge in [0.15, 0.2) is 5.96 Å². The number of anilines is 2. The number of nitrogens with one attached hydrogen (secondary N) is 9. The van der Waals surface area contributed by atoms with Crippen LogP contribution in [0, 0.1) is 5.92 Å². The smallest absolute Gasteiger partial charge is 0.326 e. The lowest BCUT2D eigenvalue weighted by Gasteiger charge is -2.30. The van der Waals surface area contributed by atoms with Crippen LogP contribution in [0.25, 0.3) is 10.8 Å². The Labute approximate surface area is 614 Å². The summed E-state index contributed by atoms with van der Waals surface area (Å²) in [5, 5.41) is 60.2. The number of carbonyl (C=O) groups excluding carboxylic acids is 8. The van der Waals surface area contributed by atoms with Crippen molar-refractivity contribution in [3.05, 3.63) is 126 Å². The molecule has 1 aliphatic rings. The predicted octanol–water partition coefficient (Wildman–Crippen LogP) is 3.02. The van der Waals surface area contributed by atoms with Crippen LogP contribution in [-0.4, -0.2) is 195 Å². The summed E-state index contributed by atoms with van der Waals surface area (Å²) in [5.74, 6) is -11.5. The molecule has 34 heteroatoms. The third kappa shape index (κ3) is 26.5. The van der Waals surface area contributed by atoms with Crippen LogP contribution in [0.3, 0.4) is 0 Å². The second-order valence-electron chi connectivity index (χ2n) is 26.2. The molecule has 0 radical (unpaired) electrons. The summed E-state index contributed by atoms with van der Waals surface area (Å²) in [4.78, 5) is 157. The number of hydrogen-bond acceptors (Lipinski definition) is 19. The van der Waals surface area contributed by atoms with E-state index in [1.54, 1.807) is 92.7 Å². The number of aliphatic imine (C=N–C) groups is 1. The molecule has 1 saturated heterocycles. The maximum atomic E-state index is 14.6. The van der Waals surface area contributed by atoms with E-state index in [4.69, 9.17) is 17.2 Å². The monoisotopic (exact) mass is 1490 g/mol. The Morgan fingerprint density at radius 1 is 0.594 bits per heavy atom. The van der Waals surface area contributed by atoms with E-state index in [-0.39, 0.29) is 87.8 Å². The SMILES string of the molecule is CC(C)CC(NC(=O)C1CCCN1C(=O)C(CCC(=O)O)NS(=O)(=O)c1cccc2c(NCCN)cccc12)C(=O)NC(Cc1ccccc1)C(=O)NC(C)C(=O)NC(CCC(=O)O)C(=O)NC(CCCN=C(N)N)C(=O)NC(CCCCNC(=O)c1ccc(N=Nc2ccc(N(C)C)cc2)cc1)C(=O)O. The first kappa shape index (κ1) is 83.8. The first-order valence-electron chi connectivity index (χ1n) is 34.9. The number of azo groups is 1. The van der Waals surface area contributed by atoms with Crippen molar-refractivity contribution in [3.8, 4) is 0 Å². The van der Waals surface area contributed by atoms with Gasteiger partial charge in [-0.15, -0.1) is 0 Å². The molecule has 0 bridgehead atoms. The topological polar surface area (TPSA) is 512 Å². The number of nitrogens with zero attached hydrogens (tertiary/aromatic N) is 5. The number of carbonyl (C=O) groups is 11. The molecule has 572 valence electrons. The largest absolute Gasteiger partial charge is 0.481 e. The van der Waals surface area contributed by atoms with Crippen LogP contribution in [0.15, 0.2) is 135 Å². The number of amides is 8. The molecule has 5 aromatic carbocycles. The number of sulfonamides is 1. The molecule has 106 heavy (non-hydrogen) atoms. The summed E-state index contributed by atoms with van der Waals surface area (Å²) in [7, 11) is -0.710. The number of carboxylic acids is 3. The fourth-order valence-corrected chi connectivity index (χ4v) is 13.1. The predicted molar refractivity (Wildman–Crippen MR) is 396 cm³/mol. The summed E-state index contributed by atoms with van der Waals surface area (Å²) in [6, 6.07) is 19.9. The molecular weight excluding hydrogens is 1390 g/mol. The number of likely N-dealkylation sites (tertiary alicyclic amines) is 1. The average Bonchev–Trinajstić information content (AvgIpc) is 0.893. The van der Waals surface area contributed by atoms with Gasteiger partial charge >= 0.3 is 17.9 Å². The number of guanidine groups is 1. The van der Waals surface area contributed by atoms with E-state index < -0.39 is 149 Å². The van der Waals surface area contributed by atoms with E-state index in [1.165, 1.54) is 19.1 Å². The number of benzene rings is 5. The number of carboxylic acid groups (broad SMARTS) is 3. The van der Waals surface area contributed by atoms with Gasteiger partial charge < -0.3 is 84.9 Å². The van der Waals surface area contributed by atoms with Gasteiger partial charge in [0.1, 0.15) is 48.3 Å². The molecule has 18 N–H and O–H groups in total. The fourth-order valence-electron chi connectivity index (χ4n) is 11.6. The Balaban J connectivity index is 1.10. The lowest BCUT2D eigenvalue weighted by molar-refractivity contribution is -0.143. The second kappa shape index (κ2) is 41.4. The summed E-state index contributed by atoms with van der Waals surface area (Å²) >= 11 is 0. The van der Waals surface area contributed by atoms with Gasteiger partial charge in [0.25, 0.3) is 5.91 Å². The van der Waals surface area contributed by atoms with Crippen LogP contribution in [0.1, 0.15) is 114 Å². The van der Waals surface area contributed by atoms with Crippen LogP contribution in [0.5, 0.6) is 0 Å². The number of fused-ring (bicyclic) bond motifs is 1.